The molecule has 1 aromatic heterocycles. The number of aromatic carboxylic acids is 1. The Morgan fingerprint density at radius 2 is 2.06 bits per heavy atom. The maximum absolute atomic E-state index is 10.9. The normalized spacial score (nSPS) is 23.6. The molecule has 0 atom stereocenters. The molecule has 0 saturated heterocycles. The maximum Gasteiger partial charge on any atom is 0.358 e. The van der Waals surface area contributed by atoms with Crippen LogP contribution in [0.1, 0.15) is 42.2 Å². The van der Waals surface area contributed by atoms with Gasteiger partial charge in [-0.1, -0.05) is 5.21 Å². The molecular formula is C10H13IN4O3. The first-order valence-electron chi connectivity index (χ1n) is 5.67. The SMILES string of the molecule is O=C(I)NC1CCC(n2cc(C(=O)O)nn2)CC1. The van der Waals surface area contributed by atoms with Gasteiger partial charge in [-0.15, -0.1) is 5.10 Å². The summed E-state index contributed by atoms with van der Waals surface area (Å²) in [6.45, 7) is 0. The lowest BCUT2D eigenvalue weighted by Gasteiger charge is -2.28. The summed E-state index contributed by atoms with van der Waals surface area (Å²) in [5.74, 6) is -1.06. The molecule has 0 aliphatic heterocycles. The molecule has 0 aromatic carbocycles. The number of hydrogen-bond donors (Lipinski definition) is 2. The average molecular weight is 364 g/mol. The first kappa shape index (κ1) is 13.2. The molecule has 2 rings (SSSR count). The highest BCUT2D eigenvalue weighted by Gasteiger charge is 2.24. The molecule has 1 aromatic rings. The van der Waals surface area contributed by atoms with Gasteiger partial charge in [-0.25, -0.2) is 9.48 Å². The Labute approximate surface area is 117 Å². The summed E-state index contributed by atoms with van der Waals surface area (Å²) in [5, 5.41) is 19.1. The van der Waals surface area contributed by atoms with E-state index in [9.17, 15) is 9.59 Å². The predicted molar refractivity (Wildman–Crippen MR) is 70.8 cm³/mol. The molecule has 8 heteroatoms. The number of rotatable bonds is 3. The number of aromatic nitrogens is 3. The number of nitrogens with zero attached hydrogens (tertiary/aromatic N) is 3. The third-order valence-electron chi connectivity index (χ3n) is 3.12. The smallest absolute Gasteiger partial charge is 0.358 e. The number of halogens is 1. The van der Waals surface area contributed by atoms with Crippen molar-refractivity contribution >= 4 is 32.5 Å². The molecule has 1 aliphatic carbocycles. The first-order valence-corrected chi connectivity index (χ1v) is 6.75. The van der Waals surface area contributed by atoms with Crippen LogP contribution in [0.2, 0.25) is 0 Å². The van der Waals surface area contributed by atoms with Crippen LogP contribution in [0.3, 0.4) is 0 Å². The number of carbonyl (C=O) groups excluding carboxylic acids is 1. The molecule has 1 amide bonds. The largest absolute Gasteiger partial charge is 0.476 e. The Morgan fingerprint density at radius 1 is 1.39 bits per heavy atom. The average Bonchev–Trinajstić information content (AvgIpc) is 2.78. The maximum atomic E-state index is 10.9. The second-order valence-electron chi connectivity index (χ2n) is 4.31. The van der Waals surface area contributed by atoms with Crippen molar-refractivity contribution in [2.24, 2.45) is 0 Å². The second kappa shape index (κ2) is 5.63. The van der Waals surface area contributed by atoms with Crippen molar-refractivity contribution in [3.05, 3.63) is 11.9 Å². The van der Waals surface area contributed by atoms with E-state index in [0.717, 1.165) is 25.7 Å². The van der Waals surface area contributed by atoms with Gasteiger partial charge < -0.3 is 10.4 Å². The lowest BCUT2D eigenvalue weighted by atomic mass is 9.91. The van der Waals surface area contributed by atoms with E-state index in [1.807, 2.05) is 0 Å². The minimum Gasteiger partial charge on any atom is -0.476 e. The zero-order valence-corrected chi connectivity index (χ0v) is 11.7. The van der Waals surface area contributed by atoms with E-state index in [0.29, 0.717) is 0 Å². The van der Waals surface area contributed by atoms with Gasteiger partial charge in [-0.2, -0.15) is 0 Å². The summed E-state index contributed by atoms with van der Waals surface area (Å²) in [7, 11) is 0. The fraction of sp³-hybridized carbons (Fsp3) is 0.600. The molecule has 1 saturated carbocycles. The lowest BCUT2D eigenvalue weighted by Crippen LogP contribution is -2.35. The third kappa shape index (κ3) is 3.18. The molecule has 0 bridgehead atoms. The van der Waals surface area contributed by atoms with Gasteiger partial charge in [0.05, 0.1) is 12.2 Å². The fourth-order valence-electron chi connectivity index (χ4n) is 2.20. The van der Waals surface area contributed by atoms with Crippen molar-refractivity contribution < 1.29 is 14.7 Å². The molecule has 0 spiro atoms. The number of nitrogens with one attached hydrogen (secondary N) is 1. The zero-order chi connectivity index (χ0) is 13.1. The Hall–Kier alpha value is -1.19. The van der Waals surface area contributed by atoms with Crippen LogP contribution in [-0.2, 0) is 0 Å². The van der Waals surface area contributed by atoms with E-state index >= 15 is 0 Å². The van der Waals surface area contributed by atoms with Crippen LogP contribution < -0.4 is 5.32 Å². The van der Waals surface area contributed by atoms with Crippen LogP contribution in [0.15, 0.2) is 6.20 Å². The van der Waals surface area contributed by atoms with Gasteiger partial charge >= 0.3 is 5.97 Å². The van der Waals surface area contributed by atoms with Gasteiger partial charge in [-0.05, 0) is 25.7 Å². The second-order valence-corrected chi connectivity index (χ2v) is 5.29. The fourth-order valence-corrected chi connectivity index (χ4v) is 2.64. The first-order chi connectivity index (χ1) is 8.56. The minimum atomic E-state index is -1.06. The van der Waals surface area contributed by atoms with Gasteiger partial charge in [0.2, 0.25) is 0 Å². The molecule has 18 heavy (non-hydrogen) atoms. The molecule has 7 nitrogen and oxygen atoms in total. The molecule has 1 heterocycles. The van der Waals surface area contributed by atoms with Crippen LogP contribution >= 0.6 is 22.6 Å². The van der Waals surface area contributed by atoms with Gasteiger partial charge in [0.1, 0.15) is 0 Å². The van der Waals surface area contributed by atoms with Crippen molar-refractivity contribution in [2.75, 3.05) is 0 Å². The van der Waals surface area contributed by atoms with E-state index in [4.69, 9.17) is 5.11 Å². The van der Waals surface area contributed by atoms with E-state index in [1.165, 1.54) is 6.20 Å². The van der Waals surface area contributed by atoms with Crippen LogP contribution in [0.25, 0.3) is 0 Å². The highest BCUT2D eigenvalue weighted by molar-refractivity contribution is 14.1. The topological polar surface area (TPSA) is 97.1 Å². The number of amides is 1. The molecule has 1 aliphatic rings. The molecule has 1 fully saturated rings. The summed E-state index contributed by atoms with van der Waals surface area (Å²) < 4.78 is 1.58. The highest BCUT2D eigenvalue weighted by atomic mass is 127. The van der Waals surface area contributed by atoms with Crippen molar-refractivity contribution in [1.29, 1.82) is 0 Å². The summed E-state index contributed by atoms with van der Waals surface area (Å²) in [5.41, 5.74) is -0.0299. The van der Waals surface area contributed by atoms with Crippen LogP contribution in [-0.4, -0.2) is 36.0 Å². The summed E-state index contributed by atoms with van der Waals surface area (Å²) in [6, 6.07) is 0.390. The quantitative estimate of drug-likeness (QED) is 0.483. The monoisotopic (exact) mass is 364 g/mol. The number of carbonyl (C=O) groups is 2. The molecule has 0 unspecified atom stereocenters. The Balaban J connectivity index is 1.92. The predicted octanol–water partition coefficient (Wildman–Crippen LogP) is 1.60. The molecule has 0 radical (unpaired) electrons. The summed E-state index contributed by atoms with van der Waals surface area (Å²) in [4.78, 5) is 21.6. The Bertz CT molecular complexity index is 454. The third-order valence-corrected chi connectivity index (χ3v) is 3.43. The van der Waals surface area contributed by atoms with E-state index in [1.54, 1.807) is 27.3 Å². The Kier molecular flexibility index (Phi) is 4.15. The lowest BCUT2D eigenvalue weighted by molar-refractivity contribution is 0.0690. The Morgan fingerprint density at radius 3 is 2.56 bits per heavy atom. The minimum absolute atomic E-state index is 0.0299. The summed E-state index contributed by atoms with van der Waals surface area (Å²) in [6.07, 6.45) is 4.95. The standard InChI is InChI=1S/C10H13IN4O3/c11-10(18)12-6-1-3-7(4-2-6)15-5-8(9(16)17)13-14-15/h5-7H,1-4H2,(H,12,18)(H,16,17). The number of carboxylic acid groups (broad SMARTS) is 1. The molecule has 2 N–H and O–H groups in total. The van der Waals surface area contributed by atoms with Crippen molar-refractivity contribution in [1.82, 2.24) is 20.3 Å². The molecule has 98 valence electrons. The zero-order valence-electron chi connectivity index (χ0n) is 9.54. The highest BCUT2D eigenvalue weighted by Crippen LogP contribution is 2.28. The van der Waals surface area contributed by atoms with E-state index in [-0.39, 0.29) is 21.7 Å². The van der Waals surface area contributed by atoms with Crippen molar-refractivity contribution in [3.63, 3.8) is 0 Å². The van der Waals surface area contributed by atoms with Gasteiger partial charge in [0.25, 0.3) is 3.91 Å². The van der Waals surface area contributed by atoms with E-state index < -0.39 is 5.97 Å². The number of carboxylic acids is 1. The van der Waals surface area contributed by atoms with Crippen LogP contribution in [0.4, 0.5) is 4.79 Å². The van der Waals surface area contributed by atoms with E-state index in [2.05, 4.69) is 15.6 Å². The van der Waals surface area contributed by atoms with Gasteiger partial charge in [0, 0.05) is 28.6 Å². The summed E-state index contributed by atoms with van der Waals surface area (Å²) >= 11 is 1.73. The van der Waals surface area contributed by atoms with Crippen molar-refractivity contribution in [3.8, 4) is 0 Å². The van der Waals surface area contributed by atoms with Gasteiger partial charge in [-0.3, -0.25) is 4.79 Å². The van der Waals surface area contributed by atoms with Crippen LogP contribution in [0, 0.1) is 0 Å². The molecular weight excluding hydrogens is 351 g/mol. The number of hydrogen-bond acceptors (Lipinski definition) is 4. The van der Waals surface area contributed by atoms with Gasteiger partial charge in [0.15, 0.2) is 5.69 Å². The van der Waals surface area contributed by atoms with Crippen LogP contribution in [0.5, 0.6) is 0 Å². The van der Waals surface area contributed by atoms with Crippen molar-refractivity contribution in [2.45, 2.75) is 37.8 Å².